The van der Waals surface area contributed by atoms with Crippen LogP contribution in [0.5, 0.6) is 5.75 Å². The van der Waals surface area contributed by atoms with E-state index in [-0.39, 0.29) is 0 Å². The highest BCUT2D eigenvalue weighted by Gasteiger charge is 2.08. The van der Waals surface area contributed by atoms with Crippen LogP contribution in [-0.2, 0) is 0 Å². The summed E-state index contributed by atoms with van der Waals surface area (Å²) in [5.74, 6) is 0.615. The van der Waals surface area contributed by atoms with Crippen molar-refractivity contribution in [2.75, 3.05) is 6.61 Å². The van der Waals surface area contributed by atoms with Gasteiger partial charge in [0.15, 0.2) is 0 Å². The first-order valence-corrected chi connectivity index (χ1v) is 7.68. The van der Waals surface area contributed by atoms with Crippen molar-refractivity contribution in [3.63, 3.8) is 0 Å². The molecule has 2 aromatic carbocycles. The maximum Gasteiger partial charge on any atom is 0.137 e. The summed E-state index contributed by atoms with van der Waals surface area (Å²) in [5.41, 5.74) is 1.84. The molecule has 0 heterocycles. The van der Waals surface area contributed by atoms with Gasteiger partial charge in [-0.1, -0.05) is 46.9 Å². The molecule has 0 N–H and O–H groups in total. The number of rotatable bonds is 4. The van der Waals surface area contributed by atoms with E-state index in [1.165, 1.54) is 0 Å². The van der Waals surface area contributed by atoms with Crippen LogP contribution in [-0.4, -0.2) is 6.61 Å². The zero-order chi connectivity index (χ0) is 16.1. The summed E-state index contributed by atoms with van der Waals surface area (Å²) < 4.78 is 5.39. The highest BCUT2D eigenvalue weighted by Crippen LogP contribution is 2.30. The van der Waals surface area contributed by atoms with Crippen molar-refractivity contribution < 1.29 is 4.74 Å². The van der Waals surface area contributed by atoms with Gasteiger partial charge in [-0.25, -0.2) is 0 Å². The largest absolute Gasteiger partial charge is 0.492 e. The van der Waals surface area contributed by atoms with Gasteiger partial charge in [0.25, 0.3) is 0 Å². The maximum atomic E-state index is 9.38. The minimum absolute atomic E-state index is 0.428. The minimum Gasteiger partial charge on any atom is -0.492 e. The van der Waals surface area contributed by atoms with Crippen LogP contribution in [0, 0.1) is 11.3 Å². The third-order valence-corrected chi connectivity index (χ3v) is 3.75. The fourth-order valence-corrected chi connectivity index (χ4v) is 2.68. The Balaban J connectivity index is 2.41. The van der Waals surface area contributed by atoms with Crippen LogP contribution in [0.1, 0.15) is 18.1 Å². The van der Waals surface area contributed by atoms with Gasteiger partial charge in [0.1, 0.15) is 5.75 Å². The number of hydrogen-bond acceptors (Lipinski definition) is 2. The average Bonchev–Trinajstić information content (AvgIpc) is 2.48. The lowest BCUT2D eigenvalue weighted by atomic mass is 10.0. The first-order valence-electron chi connectivity index (χ1n) is 6.54. The smallest absolute Gasteiger partial charge is 0.137 e. The number of benzene rings is 2. The molecule has 0 aliphatic carbocycles. The molecule has 0 aliphatic heterocycles. The molecule has 0 fully saturated rings. The predicted octanol–water partition coefficient (Wildman–Crippen LogP) is 6.11. The second-order valence-corrected chi connectivity index (χ2v) is 5.67. The van der Waals surface area contributed by atoms with Crippen molar-refractivity contribution >= 4 is 46.5 Å². The Morgan fingerprint density at radius 2 is 1.91 bits per heavy atom. The first kappa shape index (κ1) is 16.7. The summed E-state index contributed by atoms with van der Waals surface area (Å²) in [6.07, 6.45) is 1.72. The molecule has 5 heteroatoms. The summed E-state index contributed by atoms with van der Waals surface area (Å²) >= 11 is 18.2. The van der Waals surface area contributed by atoms with Gasteiger partial charge in [0, 0.05) is 10.6 Å². The Hall–Kier alpha value is -1.66. The third-order valence-electron chi connectivity index (χ3n) is 2.91. The molecule has 0 aliphatic rings. The van der Waals surface area contributed by atoms with E-state index >= 15 is 0 Å². The Bertz CT molecular complexity index is 763. The standard InChI is InChI=1S/C17H12Cl3NO/c1-2-22-17-6-3-11(8-16(17)20)7-12(10-21)14-5-4-13(18)9-15(14)19/h3-9H,2H2,1H3/b12-7+. The number of ether oxygens (including phenoxy) is 1. The quantitative estimate of drug-likeness (QED) is 0.491. The van der Waals surface area contributed by atoms with Gasteiger partial charge in [0.05, 0.1) is 28.3 Å². The van der Waals surface area contributed by atoms with E-state index in [2.05, 4.69) is 6.07 Å². The van der Waals surface area contributed by atoms with Gasteiger partial charge in [-0.3, -0.25) is 0 Å². The van der Waals surface area contributed by atoms with Gasteiger partial charge in [-0.2, -0.15) is 5.26 Å². The number of nitrogens with zero attached hydrogens (tertiary/aromatic N) is 1. The molecule has 0 amide bonds. The van der Waals surface area contributed by atoms with E-state index in [4.69, 9.17) is 39.5 Å². The molecule has 0 bridgehead atoms. The zero-order valence-corrected chi connectivity index (χ0v) is 14.0. The lowest BCUT2D eigenvalue weighted by molar-refractivity contribution is 0.340. The Morgan fingerprint density at radius 3 is 2.50 bits per heavy atom. The first-order chi connectivity index (χ1) is 10.5. The monoisotopic (exact) mass is 351 g/mol. The molecule has 0 radical (unpaired) electrons. The maximum absolute atomic E-state index is 9.38. The summed E-state index contributed by atoms with van der Waals surface area (Å²) in [5, 5.41) is 10.8. The Kier molecular flexibility index (Phi) is 5.74. The molecule has 0 spiro atoms. The van der Waals surface area contributed by atoms with Crippen molar-refractivity contribution in [3.8, 4) is 11.8 Å². The van der Waals surface area contributed by atoms with Crippen LogP contribution in [0.2, 0.25) is 15.1 Å². The summed E-state index contributed by atoms with van der Waals surface area (Å²) in [4.78, 5) is 0. The van der Waals surface area contributed by atoms with Crippen molar-refractivity contribution in [2.24, 2.45) is 0 Å². The molecule has 0 aromatic heterocycles. The van der Waals surface area contributed by atoms with Crippen molar-refractivity contribution in [2.45, 2.75) is 6.92 Å². The summed E-state index contributed by atoms with van der Waals surface area (Å²) in [6, 6.07) is 12.5. The zero-order valence-electron chi connectivity index (χ0n) is 11.7. The fourth-order valence-electron chi connectivity index (χ4n) is 1.92. The van der Waals surface area contributed by atoms with Gasteiger partial charge in [-0.15, -0.1) is 0 Å². The lowest BCUT2D eigenvalue weighted by Gasteiger charge is -2.07. The lowest BCUT2D eigenvalue weighted by Crippen LogP contribution is -1.92. The van der Waals surface area contributed by atoms with E-state index in [9.17, 15) is 5.26 Å². The van der Waals surface area contributed by atoms with Gasteiger partial charge >= 0.3 is 0 Å². The molecule has 0 atom stereocenters. The number of halogens is 3. The molecule has 0 saturated heterocycles. The van der Waals surface area contributed by atoms with Crippen LogP contribution in [0.4, 0.5) is 0 Å². The van der Waals surface area contributed by atoms with Crippen molar-refractivity contribution in [1.29, 1.82) is 5.26 Å². The van der Waals surface area contributed by atoms with E-state index < -0.39 is 0 Å². The fraction of sp³-hybridized carbons (Fsp3) is 0.118. The topological polar surface area (TPSA) is 33.0 Å². The molecule has 2 aromatic rings. The average molecular weight is 353 g/mol. The van der Waals surface area contributed by atoms with Crippen LogP contribution in [0.25, 0.3) is 11.6 Å². The molecule has 2 nitrogen and oxygen atoms in total. The SMILES string of the molecule is CCOc1ccc(/C=C(\C#N)c2ccc(Cl)cc2Cl)cc1Cl. The van der Waals surface area contributed by atoms with Gasteiger partial charge < -0.3 is 4.74 Å². The van der Waals surface area contributed by atoms with Gasteiger partial charge in [0.2, 0.25) is 0 Å². The van der Waals surface area contributed by atoms with Crippen molar-refractivity contribution in [3.05, 3.63) is 62.6 Å². The molecular formula is C17H12Cl3NO. The highest BCUT2D eigenvalue weighted by molar-refractivity contribution is 6.36. The van der Waals surface area contributed by atoms with Crippen LogP contribution < -0.4 is 4.74 Å². The van der Waals surface area contributed by atoms with Crippen molar-refractivity contribution in [1.82, 2.24) is 0 Å². The normalized spacial score (nSPS) is 11.1. The van der Waals surface area contributed by atoms with E-state index in [0.717, 1.165) is 5.56 Å². The van der Waals surface area contributed by atoms with Crippen LogP contribution >= 0.6 is 34.8 Å². The number of allylic oxidation sites excluding steroid dienone is 1. The molecule has 0 unspecified atom stereocenters. The van der Waals surface area contributed by atoms with Crippen LogP contribution in [0.3, 0.4) is 0 Å². The number of hydrogen-bond donors (Lipinski definition) is 0. The third kappa shape index (κ3) is 3.96. The molecular weight excluding hydrogens is 341 g/mol. The van der Waals surface area contributed by atoms with E-state index in [1.807, 2.05) is 13.0 Å². The highest BCUT2D eigenvalue weighted by atomic mass is 35.5. The number of nitriles is 1. The molecule has 22 heavy (non-hydrogen) atoms. The van der Waals surface area contributed by atoms with Gasteiger partial charge in [-0.05, 0) is 42.8 Å². The predicted molar refractivity (Wildman–Crippen MR) is 92.6 cm³/mol. The van der Waals surface area contributed by atoms with Crippen LogP contribution in [0.15, 0.2) is 36.4 Å². The summed E-state index contributed by atoms with van der Waals surface area (Å²) in [6.45, 7) is 2.43. The second-order valence-electron chi connectivity index (χ2n) is 4.42. The van der Waals surface area contributed by atoms with E-state index in [1.54, 1.807) is 36.4 Å². The summed E-state index contributed by atoms with van der Waals surface area (Å²) in [7, 11) is 0. The van der Waals surface area contributed by atoms with E-state index in [0.29, 0.717) is 38.6 Å². The molecule has 2 rings (SSSR count). The Morgan fingerprint density at radius 1 is 1.14 bits per heavy atom. The molecule has 0 saturated carbocycles. The minimum atomic E-state index is 0.428. The second kappa shape index (κ2) is 7.56. The Labute approximate surface area is 144 Å². The molecule has 112 valence electrons.